The van der Waals surface area contributed by atoms with Gasteiger partial charge in [-0.05, 0) is 31.4 Å². The standard InChI is InChI=1S/C28H45NO4/c1-5-8-11-13-14-16-21-32-23-17-18-24-25(22-23)29(19-15-12-9-6-2)28(30)27(26(24)31-4)33-20-10-7-3/h17-18,22H,5-16,19-21H2,1-4H3. The summed E-state index contributed by atoms with van der Waals surface area (Å²) in [5, 5.41) is 0.894. The minimum absolute atomic E-state index is 0.111. The van der Waals surface area contributed by atoms with Crippen LogP contribution < -0.4 is 19.8 Å². The van der Waals surface area contributed by atoms with Crippen LogP contribution in [0.15, 0.2) is 23.0 Å². The van der Waals surface area contributed by atoms with Gasteiger partial charge in [-0.1, -0.05) is 78.6 Å². The van der Waals surface area contributed by atoms with Gasteiger partial charge in [0.2, 0.25) is 5.75 Å². The van der Waals surface area contributed by atoms with Gasteiger partial charge in [-0.25, -0.2) is 0 Å². The van der Waals surface area contributed by atoms with Crippen molar-refractivity contribution in [3.8, 4) is 17.2 Å². The number of pyridine rings is 1. The summed E-state index contributed by atoms with van der Waals surface area (Å²) in [7, 11) is 1.61. The summed E-state index contributed by atoms with van der Waals surface area (Å²) in [6.07, 6.45) is 13.7. The number of benzene rings is 1. The van der Waals surface area contributed by atoms with E-state index in [0.717, 1.165) is 48.8 Å². The van der Waals surface area contributed by atoms with E-state index in [4.69, 9.17) is 14.2 Å². The van der Waals surface area contributed by atoms with Gasteiger partial charge in [0.15, 0.2) is 5.75 Å². The first-order valence-electron chi connectivity index (χ1n) is 13.2. The molecule has 0 saturated heterocycles. The van der Waals surface area contributed by atoms with Crippen LogP contribution in [0.1, 0.15) is 97.8 Å². The summed E-state index contributed by atoms with van der Waals surface area (Å²) in [6, 6.07) is 5.97. The third-order valence-electron chi connectivity index (χ3n) is 6.10. The molecule has 1 aromatic carbocycles. The van der Waals surface area contributed by atoms with E-state index in [9.17, 15) is 4.79 Å². The number of aryl methyl sites for hydroxylation is 1. The van der Waals surface area contributed by atoms with Gasteiger partial charge in [0, 0.05) is 18.0 Å². The molecule has 0 saturated carbocycles. The van der Waals surface area contributed by atoms with Gasteiger partial charge in [-0.15, -0.1) is 0 Å². The van der Waals surface area contributed by atoms with Crippen molar-refractivity contribution in [1.29, 1.82) is 0 Å². The summed E-state index contributed by atoms with van der Waals surface area (Å²) < 4.78 is 19.5. The van der Waals surface area contributed by atoms with E-state index >= 15 is 0 Å². The van der Waals surface area contributed by atoms with E-state index in [1.54, 1.807) is 7.11 Å². The van der Waals surface area contributed by atoms with Crippen molar-refractivity contribution in [3.63, 3.8) is 0 Å². The lowest BCUT2D eigenvalue weighted by atomic mass is 10.1. The smallest absolute Gasteiger partial charge is 0.297 e. The van der Waals surface area contributed by atoms with E-state index in [-0.39, 0.29) is 5.56 Å². The zero-order chi connectivity index (χ0) is 23.9. The van der Waals surface area contributed by atoms with E-state index in [1.165, 1.54) is 44.9 Å². The first-order chi connectivity index (χ1) is 16.2. The first kappa shape index (κ1) is 27.1. The number of nitrogens with zero attached hydrogens (tertiary/aromatic N) is 1. The molecule has 0 spiro atoms. The van der Waals surface area contributed by atoms with Crippen molar-refractivity contribution in [3.05, 3.63) is 28.6 Å². The maximum atomic E-state index is 13.4. The highest BCUT2D eigenvalue weighted by Gasteiger charge is 2.19. The number of unbranched alkanes of at least 4 members (excludes halogenated alkanes) is 9. The maximum absolute atomic E-state index is 13.4. The molecule has 0 fully saturated rings. The van der Waals surface area contributed by atoms with E-state index in [2.05, 4.69) is 20.8 Å². The molecule has 0 aliphatic heterocycles. The van der Waals surface area contributed by atoms with Crippen molar-refractivity contribution in [2.24, 2.45) is 0 Å². The van der Waals surface area contributed by atoms with Crippen LogP contribution in [-0.4, -0.2) is 24.9 Å². The molecule has 33 heavy (non-hydrogen) atoms. The average Bonchev–Trinajstić information content (AvgIpc) is 2.83. The number of hydrogen-bond acceptors (Lipinski definition) is 4. The molecule has 0 amide bonds. The van der Waals surface area contributed by atoms with Crippen molar-refractivity contribution in [2.45, 2.75) is 104 Å². The SMILES string of the molecule is CCCCCCCCOc1ccc2c(OC)c(OCCCC)c(=O)n(CCCCCC)c2c1. The number of fused-ring (bicyclic) bond motifs is 1. The fraction of sp³-hybridized carbons (Fsp3) is 0.679. The quantitative estimate of drug-likeness (QED) is 0.216. The summed E-state index contributed by atoms with van der Waals surface area (Å²) in [5.74, 6) is 1.66. The number of hydrogen-bond donors (Lipinski definition) is 0. The minimum atomic E-state index is -0.111. The second-order valence-electron chi connectivity index (χ2n) is 8.88. The molecule has 0 radical (unpaired) electrons. The lowest BCUT2D eigenvalue weighted by molar-refractivity contribution is 0.283. The molecule has 0 aliphatic rings. The van der Waals surface area contributed by atoms with Crippen molar-refractivity contribution in [1.82, 2.24) is 4.57 Å². The zero-order valence-electron chi connectivity index (χ0n) is 21.4. The summed E-state index contributed by atoms with van der Waals surface area (Å²) >= 11 is 0. The first-order valence-corrected chi connectivity index (χ1v) is 13.2. The monoisotopic (exact) mass is 459 g/mol. The molecule has 5 heteroatoms. The normalized spacial score (nSPS) is 11.2. The van der Waals surface area contributed by atoms with Crippen LogP contribution in [0.25, 0.3) is 10.9 Å². The Balaban J connectivity index is 2.27. The summed E-state index contributed by atoms with van der Waals surface area (Å²) in [6.45, 7) is 8.43. The third-order valence-corrected chi connectivity index (χ3v) is 6.10. The van der Waals surface area contributed by atoms with Gasteiger partial charge in [-0.2, -0.15) is 0 Å². The Hall–Kier alpha value is -2.17. The van der Waals surface area contributed by atoms with Gasteiger partial charge in [0.05, 0.1) is 25.8 Å². The fourth-order valence-electron chi connectivity index (χ4n) is 4.11. The number of methoxy groups -OCH3 is 1. The Labute approximate surface area is 200 Å². The number of rotatable bonds is 18. The minimum Gasteiger partial charge on any atom is -0.494 e. The average molecular weight is 460 g/mol. The molecule has 0 unspecified atom stereocenters. The Morgan fingerprint density at radius 3 is 2.06 bits per heavy atom. The molecule has 0 N–H and O–H groups in total. The van der Waals surface area contributed by atoms with Crippen molar-refractivity contribution >= 4 is 10.9 Å². The van der Waals surface area contributed by atoms with Crippen molar-refractivity contribution in [2.75, 3.05) is 20.3 Å². The predicted molar refractivity (Wildman–Crippen MR) is 138 cm³/mol. The molecule has 186 valence electrons. The highest BCUT2D eigenvalue weighted by molar-refractivity contribution is 5.89. The van der Waals surface area contributed by atoms with Crippen molar-refractivity contribution < 1.29 is 14.2 Å². The summed E-state index contributed by atoms with van der Waals surface area (Å²) in [4.78, 5) is 13.4. The highest BCUT2D eigenvalue weighted by Crippen LogP contribution is 2.34. The van der Waals surface area contributed by atoms with Crippen LogP contribution in [-0.2, 0) is 6.54 Å². The largest absolute Gasteiger partial charge is 0.494 e. The van der Waals surface area contributed by atoms with Gasteiger partial charge in [0.25, 0.3) is 5.56 Å². The molecule has 0 atom stereocenters. The molecule has 1 aromatic heterocycles. The lowest BCUT2D eigenvalue weighted by Gasteiger charge is -2.18. The third kappa shape index (κ3) is 8.28. The maximum Gasteiger partial charge on any atom is 0.297 e. The molecule has 2 rings (SSSR count). The molecule has 0 aliphatic carbocycles. The molecule has 1 heterocycles. The molecular weight excluding hydrogens is 414 g/mol. The molecule has 2 aromatic rings. The van der Waals surface area contributed by atoms with Gasteiger partial charge in [0.1, 0.15) is 5.75 Å². The van der Waals surface area contributed by atoms with Gasteiger partial charge >= 0.3 is 0 Å². The summed E-state index contributed by atoms with van der Waals surface area (Å²) in [5.41, 5.74) is 0.747. The zero-order valence-corrected chi connectivity index (χ0v) is 21.4. The van der Waals surface area contributed by atoms with Gasteiger partial charge in [-0.3, -0.25) is 4.79 Å². The highest BCUT2D eigenvalue weighted by atomic mass is 16.5. The van der Waals surface area contributed by atoms with Gasteiger partial charge < -0.3 is 18.8 Å². The number of aromatic nitrogens is 1. The van der Waals surface area contributed by atoms with Crippen LogP contribution in [0.3, 0.4) is 0 Å². The van der Waals surface area contributed by atoms with Crippen LogP contribution >= 0.6 is 0 Å². The van der Waals surface area contributed by atoms with E-state index in [0.29, 0.717) is 31.3 Å². The second kappa shape index (κ2) is 15.6. The van der Waals surface area contributed by atoms with Crippen LogP contribution in [0, 0.1) is 0 Å². The Morgan fingerprint density at radius 2 is 1.36 bits per heavy atom. The Kier molecular flexibility index (Phi) is 12.8. The number of ether oxygens (including phenoxy) is 3. The lowest BCUT2D eigenvalue weighted by Crippen LogP contribution is -2.24. The Bertz CT molecular complexity index is 874. The molecule has 0 bridgehead atoms. The topological polar surface area (TPSA) is 49.7 Å². The van der Waals surface area contributed by atoms with E-state index < -0.39 is 0 Å². The van der Waals surface area contributed by atoms with Crippen LogP contribution in [0.4, 0.5) is 0 Å². The fourth-order valence-corrected chi connectivity index (χ4v) is 4.11. The predicted octanol–water partition coefficient (Wildman–Crippen LogP) is 7.51. The Morgan fingerprint density at radius 1 is 0.727 bits per heavy atom. The van der Waals surface area contributed by atoms with Crippen LogP contribution in [0.2, 0.25) is 0 Å². The molecule has 5 nitrogen and oxygen atoms in total. The molecular formula is C28H45NO4. The van der Waals surface area contributed by atoms with E-state index in [1.807, 2.05) is 22.8 Å². The second-order valence-corrected chi connectivity index (χ2v) is 8.88. The van der Waals surface area contributed by atoms with Crippen LogP contribution in [0.5, 0.6) is 17.2 Å².